The van der Waals surface area contributed by atoms with Crippen molar-refractivity contribution in [3.05, 3.63) is 35.4 Å². The molecule has 2 aromatic heterocycles. The van der Waals surface area contributed by atoms with E-state index in [0.29, 0.717) is 23.9 Å². The Balaban J connectivity index is 1.81. The lowest BCUT2D eigenvalue weighted by Gasteiger charge is -2.21. The Hall–Kier alpha value is -2.35. The van der Waals surface area contributed by atoms with E-state index in [-0.39, 0.29) is 17.2 Å². The van der Waals surface area contributed by atoms with E-state index in [1.54, 1.807) is 18.3 Å². The Labute approximate surface area is 160 Å². The quantitative estimate of drug-likeness (QED) is 0.798. The van der Waals surface area contributed by atoms with Crippen molar-refractivity contribution in [1.82, 2.24) is 15.0 Å². The predicted molar refractivity (Wildman–Crippen MR) is 97.6 cm³/mol. The Morgan fingerprint density at radius 2 is 2.11 bits per heavy atom. The molecule has 1 saturated carbocycles. The van der Waals surface area contributed by atoms with Gasteiger partial charge in [-0.15, -0.1) is 11.6 Å². The molecule has 1 aliphatic carbocycles. The average molecular weight is 394 g/mol. The molecule has 1 N–H and O–H groups in total. The Bertz CT molecular complexity index is 926. The molecule has 1 amide bonds. The van der Waals surface area contributed by atoms with E-state index in [4.69, 9.17) is 11.6 Å². The number of carbonyl (C=O) groups is 1. The highest BCUT2D eigenvalue weighted by Crippen LogP contribution is 2.58. The van der Waals surface area contributed by atoms with Crippen LogP contribution in [0.25, 0.3) is 0 Å². The highest BCUT2D eigenvalue weighted by atomic mass is 35.5. The topological polar surface area (TPSA) is 71.0 Å². The molecule has 27 heavy (non-hydrogen) atoms. The summed E-state index contributed by atoms with van der Waals surface area (Å²) in [6.45, 7) is 2.80. The minimum atomic E-state index is -3.17. The molecule has 0 atom stereocenters. The smallest absolute Gasteiger partial charge is 0.303 e. The predicted octanol–water partition coefficient (Wildman–Crippen LogP) is 3.86. The second-order valence-corrected chi connectivity index (χ2v) is 7.46. The van der Waals surface area contributed by atoms with Crippen molar-refractivity contribution in [1.29, 1.82) is 0 Å². The molecule has 142 valence electrons. The minimum absolute atomic E-state index is 0.0118. The maximum Gasteiger partial charge on any atom is 0.303 e. The largest absolute Gasteiger partial charge is 0.325 e. The number of rotatable bonds is 4. The summed E-state index contributed by atoms with van der Waals surface area (Å²) in [4.78, 5) is 25.5. The Morgan fingerprint density at radius 3 is 2.70 bits per heavy atom. The van der Waals surface area contributed by atoms with Crippen LogP contribution in [0.2, 0.25) is 0 Å². The molecule has 0 aromatic carbocycles. The molecule has 1 aliphatic heterocycles. The first-order valence-electron chi connectivity index (χ1n) is 8.60. The third kappa shape index (κ3) is 3.22. The van der Waals surface area contributed by atoms with Crippen molar-refractivity contribution >= 4 is 34.8 Å². The first kappa shape index (κ1) is 18.0. The van der Waals surface area contributed by atoms with Gasteiger partial charge < -0.3 is 10.2 Å². The Morgan fingerprint density at radius 1 is 1.37 bits per heavy atom. The van der Waals surface area contributed by atoms with Gasteiger partial charge in [-0.3, -0.25) is 4.79 Å². The number of hydrogen-bond donors (Lipinski definition) is 1. The van der Waals surface area contributed by atoms with Gasteiger partial charge in [0.15, 0.2) is 0 Å². The van der Waals surface area contributed by atoms with Gasteiger partial charge in [0.2, 0.25) is 11.7 Å². The van der Waals surface area contributed by atoms with Crippen molar-refractivity contribution in [2.75, 3.05) is 16.8 Å². The van der Waals surface area contributed by atoms with Crippen LogP contribution in [0.5, 0.6) is 0 Å². The van der Waals surface area contributed by atoms with Crippen molar-refractivity contribution in [3.8, 4) is 0 Å². The number of amides is 1. The van der Waals surface area contributed by atoms with Crippen molar-refractivity contribution < 1.29 is 13.6 Å². The zero-order valence-corrected chi connectivity index (χ0v) is 15.6. The molecule has 2 aliphatic rings. The number of fused-ring (bicyclic) bond motifs is 2. The van der Waals surface area contributed by atoms with Gasteiger partial charge in [-0.25, -0.2) is 15.0 Å². The van der Waals surface area contributed by atoms with Crippen LogP contribution in [0.15, 0.2) is 18.3 Å². The van der Waals surface area contributed by atoms with E-state index in [0.717, 1.165) is 31.0 Å². The fourth-order valence-corrected chi connectivity index (χ4v) is 3.60. The van der Waals surface area contributed by atoms with Gasteiger partial charge in [0, 0.05) is 49.7 Å². The normalized spacial score (nSPS) is 17.1. The highest BCUT2D eigenvalue weighted by molar-refractivity contribution is 6.16. The van der Waals surface area contributed by atoms with Crippen LogP contribution < -0.4 is 10.2 Å². The van der Waals surface area contributed by atoms with Gasteiger partial charge in [0.25, 0.3) is 0 Å². The summed E-state index contributed by atoms with van der Waals surface area (Å²) in [5.74, 6) is -3.15. The van der Waals surface area contributed by atoms with E-state index in [1.807, 2.05) is 4.90 Å². The molecule has 1 fully saturated rings. The summed E-state index contributed by atoms with van der Waals surface area (Å²) in [5, 5.41) is 2.66. The first-order valence-corrected chi connectivity index (χ1v) is 9.13. The van der Waals surface area contributed by atoms with Crippen LogP contribution in [-0.2, 0) is 22.0 Å². The maximum atomic E-state index is 13.9. The lowest BCUT2D eigenvalue weighted by Crippen LogP contribution is -2.23. The second kappa shape index (κ2) is 6.09. The zero-order chi connectivity index (χ0) is 19.4. The van der Waals surface area contributed by atoms with Gasteiger partial charge in [-0.05, 0) is 12.8 Å². The van der Waals surface area contributed by atoms with Crippen LogP contribution in [0.3, 0.4) is 0 Å². The van der Waals surface area contributed by atoms with Crippen LogP contribution in [-0.4, -0.2) is 27.4 Å². The zero-order valence-electron chi connectivity index (χ0n) is 14.9. The first-order chi connectivity index (χ1) is 12.7. The number of nitrogens with one attached hydrogen (secondary N) is 1. The molecular formula is C18H18ClF2N5O. The van der Waals surface area contributed by atoms with E-state index >= 15 is 0 Å². The summed E-state index contributed by atoms with van der Waals surface area (Å²) in [6, 6.07) is 3.39. The van der Waals surface area contributed by atoms with Crippen molar-refractivity contribution in [2.45, 2.75) is 43.9 Å². The average Bonchev–Trinajstić information content (AvgIpc) is 3.31. The summed E-state index contributed by atoms with van der Waals surface area (Å²) in [7, 11) is 0. The van der Waals surface area contributed by atoms with E-state index < -0.39 is 11.7 Å². The maximum absolute atomic E-state index is 13.9. The summed E-state index contributed by atoms with van der Waals surface area (Å²) in [6.07, 6.45) is 3.76. The van der Waals surface area contributed by atoms with Gasteiger partial charge >= 0.3 is 5.92 Å². The molecule has 0 unspecified atom stereocenters. The monoisotopic (exact) mass is 393 g/mol. The van der Waals surface area contributed by atoms with Crippen molar-refractivity contribution in [2.24, 2.45) is 0 Å². The van der Waals surface area contributed by atoms with Gasteiger partial charge in [-0.2, -0.15) is 8.78 Å². The molecule has 0 bridgehead atoms. The number of alkyl halides is 3. The molecule has 1 spiro atoms. The molecule has 0 radical (unpaired) electrons. The van der Waals surface area contributed by atoms with E-state index in [2.05, 4.69) is 20.3 Å². The number of nitrogens with zero attached hydrogens (tertiary/aromatic N) is 4. The molecule has 4 rings (SSSR count). The van der Waals surface area contributed by atoms with Crippen LogP contribution >= 0.6 is 11.6 Å². The van der Waals surface area contributed by atoms with Crippen LogP contribution in [0.1, 0.15) is 43.8 Å². The highest BCUT2D eigenvalue weighted by Gasteiger charge is 2.52. The lowest BCUT2D eigenvalue weighted by molar-refractivity contribution is -0.114. The van der Waals surface area contributed by atoms with Gasteiger partial charge in [0.1, 0.15) is 11.6 Å². The Kier molecular flexibility index (Phi) is 4.06. The van der Waals surface area contributed by atoms with Gasteiger partial charge in [-0.1, -0.05) is 0 Å². The minimum Gasteiger partial charge on any atom is -0.325 e. The second-order valence-electron chi connectivity index (χ2n) is 7.20. The fourth-order valence-electron chi connectivity index (χ4n) is 3.47. The number of aromatic nitrogens is 3. The summed E-state index contributed by atoms with van der Waals surface area (Å²) < 4.78 is 27.7. The SMILES string of the molecule is CC(=O)Nc1cc2c(cn1)C1(CC1)CN2c1cc(CCl)nc(C(C)(F)F)n1. The summed E-state index contributed by atoms with van der Waals surface area (Å²) in [5.41, 5.74) is 2.17. The fraction of sp³-hybridized carbons (Fsp3) is 0.444. The molecule has 9 heteroatoms. The number of carbonyl (C=O) groups excluding carboxylic acids is 1. The molecular weight excluding hydrogens is 376 g/mol. The molecule has 0 saturated heterocycles. The number of pyridine rings is 1. The third-order valence-electron chi connectivity index (χ3n) is 4.93. The lowest BCUT2D eigenvalue weighted by atomic mass is 10.0. The number of halogens is 3. The van der Waals surface area contributed by atoms with Gasteiger partial charge in [0.05, 0.1) is 17.3 Å². The number of anilines is 3. The standard InChI is InChI=1S/C18H18ClF2N5O/c1-10(27)23-14-6-13-12(8-22-14)18(3-4-18)9-26(13)15-5-11(7-19)24-16(25-15)17(2,20)21/h5-6,8H,3-4,7,9H2,1-2H3,(H,22,23,27). The molecule has 2 aromatic rings. The number of hydrogen-bond acceptors (Lipinski definition) is 5. The van der Waals surface area contributed by atoms with Crippen LogP contribution in [0, 0.1) is 0 Å². The van der Waals surface area contributed by atoms with E-state index in [9.17, 15) is 13.6 Å². The van der Waals surface area contributed by atoms with E-state index in [1.165, 1.54) is 6.92 Å². The summed E-state index contributed by atoms with van der Waals surface area (Å²) >= 11 is 5.87. The molecule has 6 nitrogen and oxygen atoms in total. The van der Waals surface area contributed by atoms with Crippen LogP contribution in [0.4, 0.5) is 26.1 Å². The molecule has 3 heterocycles. The van der Waals surface area contributed by atoms with Crippen molar-refractivity contribution in [3.63, 3.8) is 0 Å². The third-order valence-corrected chi connectivity index (χ3v) is 5.21.